The van der Waals surface area contributed by atoms with E-state index in [0.717, 1.165) is 29.0 Å². The summed E-state index contributed by atoms with van der Waals surface area (Å²) in [5, 5.41) is 2.97. The Bertz CT molecular complexity index is 1080. The quantitative estimate of drug-likeness (QED) is 0.539. The van der Waals surface area contributed by atoms with Crippen molar-refractivity contribution in [2.75, 3.05) is 13.7 Å². The third kappa shape index (κ3) is 3.65. The highest BCUT2D eigenvalue weighted by atomic mass is 16.5. The molecule has 7 heteroatoms. The summed E-state index contributed by atoms with van der Waals surface area (Å²) in [7, 11) is 1.68. The molecular weight excluding hydrogens is 354 g/mol. The number of amides is 1. The maximum atomic E-state index is 12.8. The van der Waals surface area contributed by atoms with Gasteiger partial charge in [-0.15, -0.1) is 0 Å². The highest BCUT2D eigenvalue weighted by Gasteiger charge is 2.17. The molecule has 4 rings (SSSR count). The van der Waals surface area contributed by atoms with Crippen LogP contribution in [0.4, 0.5) is 0 Å². The highest BCUT2D eigenvalue weighted by molar-refractivity contribution is 6.02. The van der Waals surface area contributed by atoms with E-state index in [-0.39, 0.29) is 5.91 Å². The fourth-order valence-corrected chi connectivity index (χ4v) is 3.12. The first-order valence-corrected chi connectivity index (χ1v) is 9.04. The van der Waals surface area contributed by atoms with Gasteiger partial charge in [0.2, 0.25) is 0 Å². The SMILES string of the molecule is COCCn1cnc(-c2cc(C(=O)NCc3cccnc3)c3ccccn23)c1. The van der Waals surface area contributed by atoms with Crippen molar-refractivity contribution in [1.29, 1.82) is 0 Å². The Morgan fingerprint density at radius 1 is 1.25 bits per heavy atom. The second-order valence-electron chi connectivity index (χ2n) is 6.43. The Balaban J connectivity index is 1.62. The van der Waals surface area contributed by atoms with E-state index in [1.807, 2.05) is 57.8 Å². The Morgan fingerprint density at radius 2 is 2.18 bits per heavy atom. The van der Waals surface area contributed by atoms with Crippen LogP contribution in [0.25, 0.3) is 16.9 Å². The maximum absolute atomic E-state index is 12.8. The van der Waals surface area contributed by atoms with Crippen molar-refractivity contribution in [3.8, 4) is 11.4 Å². The maximum Gasteiger partial charge on any atom is 0.253 e. The standard InChI is InChI=1S/C21H21N5O2/c1-28-10-9-25-14-18(24-15-25)20-11-17(19-6-2-3-8-26(19)20)21(27)23-13-16-5-4-7-22-12-16/h2-8,11-12,14-15H,9-10,13H2,1H3,(H,23,27). The number of pyridine rings is 2. The van der Waals surface area contributed by atoms with Gasteiger partial charge < -0.3 is 19.0 Å². The molecule has 142 valence electrons. The molecule has 0 saturated carbocycles. The van der Waals surface area contributed by atoms with Crippen LogP contribution < -0.4 is 5.32 Å². The third-order valence-electron chi connectivity index (χ3n) is 4.55. The molecule has 1 amide bonds. The van der Waals surface area contributed by atoms with Crippen LogP contribution in [0.15, 0.2) is 67.5 Å². The van der Waals surface area contributed by atoms with Crippen molar-refractivity contribution >= 4 is 11.4 Å². The fraction of sp³-hybridized carbons (Fsp3) is 0.190. The average Bonchev–Trinajstić information content (AvgIpc) is 3.36. The van der Waals surface area contributed by atoms with E-state index in [2.05, 4.69) is 15.3 Å². The van der Waals surface area contributed by atoms with E-state index < -0.39 is 0 Å². The number of nitrogens with one attached hydrogen (secondary N) is 1. The van der Waals surface area contributed by atoms with Gasteiger partial charge in [0, 0.05) is 45.0 Å². The highest BCUT2D eigenvalue weighted by Crippen LogP contribution is 2.25. The van der Waals surface area contributed by atoms with Gasteiger partial charge in [-0.2, -0.15) is 0 Å². The minimum Gasteiger partial charge on any atom is -0.383 e. The molecule has 0 unspecified atom stereocenters. The zero-order valence-electron chi connectivity index (χ0n) is 15.6. The zero-order valence-corrected chi connectivity index (χ0v) is 15.6. The van der Waals surface area contributed by atoms with E-state index in [4.69, 9.17) is 4.74 Å². The van der Waals surface area contributed by atoms with Crippen LogP contribution in [0.5, 0.6) is 0 Å². The third-order valence-corrected chi connectivity index (χ3v) is 4.55. The molecule has 0 aliphatic heterocycles. The van der Waals surface area contributed by atoms with E-state index >= 15 is 0 Å². The Labute approximate surface area is 162 Å². The van der Waals surface area contributed by atoms with Crippen molar-refractivity contribution < 1.29 is 9.53 Å². The van der Waals surface area contributed by atoms with Crippen LogP contribution in [0.3, 0.4) is 0 Å². The zero-order chi connectivity index (χ0) is 19.3. The predicted octanol–water partition coefficient (Wildman–Crippen LogP) is 2.77. The Hall–Kier alpha value is -3.45. The summed E-state index contributed by atoms with van der Waals surface area (Å²) in [6.45, 7) is 1.77. The average molecular weight is 375 g/mol. The van der Waals surface area contributed by atoms with Gasteiger partial charge in [-0.05, 0) is 29.8 Å². The summed E-state index contributed by atoms with van der Waals surface area (Å²) < 4.78 is 9.08. The van der Waals surface area contributed by atoms with Crippen molar-refractivity contribution in [2.45, 2.75) is 13.1 Å². The molecule has 0 spiro atoms. The number of carbonyl (C=O) groups excluding carboxylic acids is 1. The van der Waals surface area contributed by atoms with Crippen LogP contribution in [-0.2, 0) is 17.8 Å². The van der Waals surface area contributed by atoms with Crippen LogP contribution >= 0.6 is 0 Å². The number of ether oxygens (including phenoxy) is 1. The van der Waals surface area contributed by atoms with Crippen molar-refractivity contribution in [1.82, 2.24) is 24.3 Å². The molecule has 28 heavy (non-hydrogen) atoms. The summed E-state index contributed by atoms with van der Waals surface area (Å²) in [5.74, 6) is -0.127. The molecule has 7 nitrogen and oxygen atoms in total. The number of aromatic nitrogens is 4. The smallest absolute Gasteiger partial charge is 0.253 e. The molecular formula is C21H21N5O2. The van der Waals surface area contributed by atoms with Gasteiger partial charge in [0.05, 0.1) is 29.7 Å². The first-order chi connectivity index (χ1) is 13.8. The lowest BCUT2D eigenvalue weighted by atomic mass is 10.2. The van der Waals surface area contributed by atoms with E-state index in [1.54, 1.807) is 25.8 Å². The van der Waals surface area contributed by atoms with Gasteiger partial charge in [-0.25, -0.2) is 4.98 Å². The summed E-state index contributed by atoms with van der Waals surface area (Å²) in [6, 6.07) is 11.5. The van der Waals surface area contributed by atoms with Crippen LogP contribution in [-0.4, -0.2) is 38.6 Å². The second kappa shape index (κ2) is 8.06. The molecule has 0 bridgehead atoms. The summed E-state index contributed by atoms with van der Waals surface area (Å²) in [5.41, 5.74) is 4.09. The number of imidazole rings is 1. The molecule has 4 aromatic rings. The number of fused-ring (bicyclic) bond motifs is 1. The van der Waals surface area contributed by atoms with Gasteiger partial charge >= 0.3 is 0 Å². The fourth-order valence-electron chi connectivity index (χ4n) is 3.12. The lowest BCUT2D eigenvalue weighted by Crippen LogP contribution is -2.22. The number of methoxy groups -OCH3 is 1. The summed E-state index contributed by atoms with van der Waals surface area (Å²) in [6.07, 6.45) is 9.14. The van der Waals surface area contributed by atoms with E-state index in [1.165, 1.54) is 0 Å². The molecule has 4 heterocycles. The molecule has 0 fully saturated rings. The molecule has 0 aliphatic carbocycles. The minimum atomic E-state index is -0.127. The molecule has 0 radical (unpaired) electrons. The van der Waals surface area contributed by atoms with E-state index in [0.29, 0.717) is 18.7 Å². The van der Waals surface area contributed by atoms with Crippen molar-refractivity contribution in [3.63, 3.8) is 0 Å². The summed E-state index contributed by atoms with van der Waals surface area (Å²) >= 11 is 0. The van der Waals surface area contributed by atoms with Crippen LogP contribution in [0, 0.1) is 0 Å². The molecule has 4 aromatic heterocycles. The topological polar surface area (TPSA) is 73.5 Å². The van der Waals surface area contributed by atoms with Crippen LogP contribution in [0.2, 0.25) is 0 Å². The lowest BCUT2D eigenvalue weighted by molar-refractivity contribution is 0.0952. The number of carbonyl (C=O) groups is 1. The Morgan fingerprint density at radius 3 is 3.00 bits per heavy atom. The number of rotatable bonds is 7. The monoisotopic (exact) mass is 375 g/mol. The second-order valence-corrected chi connectivity index (χ2v) is 6.43. The molecule has 0 aliphatic rings. The molecule has 1 N–H and O–H groups in total. The van der Waals surface area contributed by atoms with E-state index in [9.17, 15) is 4.79 Å². The summed E-state index contributed by atoms with van der Waals surface area (Å²) in [4.78, 5) is 21.4. The van der Waals surface area contributed by atoms with Gasteiger partial charge in [0.25, 0.3) is 5.91 Å². The Kier molecular flexibility index (Phi) is 5.16. The minimum absolute atomic E-state index is 0.127. The van der Waals surface area contributed by atoms with Gasteiger partial charge in [-0.1, -0.05) is 12.1 Å². The first-order valence-electron chi connectivity index (χ1n) is 9.04. The van der Waals surface area contributed by atoms with Gasteiger partial charge in [0.15, 0.2) is 0 Å². The normalized spacial score (nSPS) is 11.0. The largest absolute Gasteiger partial charge is 0.383 e. The molecule has 0 saturated heterocycles. The van der Waals surface area contributed by atoms with Crippen molar-refractivity contribution in [2.24, 2.45) is 0 Å². The number of hydrogen-bond donors (Lipinski definition) is 1. The predicted molar refractivity (Wildman–Crippen MR) is 106 cm³/mol. The number of hydrogen-bond acceptors (Lipinski definition) is 4. The molecule has 0 atom stereocenters. The number of nitrogens with zero attached hydrogens (tertiary/aromatic N) is 4. The molecule has 0 aromatic carbocycles. The van der Waals surface area contributed by atoms with Gasteiger partial charge in [0.1, 0.15) is 5.69 Å². The van der Waals surface area contributed by atoms with Crippen molar-refractivity contribution in [3.05, 3.63) is 78.6 Å². The lowest BCUT2D eigenvalue weighted by Gasteiger charge is -2.04. The van der Waals surface area contributed by atoms with Crippen LogP contribution in [0.1, 0.15) is 15.9 Å². The van der Waals surface area contributed by atoms with Gasteiger partial charge in [-0.3, -0.25) is 9.78 Å². The first kappa shape index (κ1) is 17.9.